The fourth-order valence-electron chi connectivity index (χ4n) is 1.98. The van der Waals surface area contributed by atoms with Crippen molar-refractivity contribution in [3.63, 3.8) is 0 Å². The van der Waals surface area contributed by atoms with Crippen molar-refractivity contribution in [2.45, 2.75) is 6.04 Å². The summed E-state index contributed by atoms with van der Waals surface area (Å²) in [4.78, 5) is 0. The van der Waals surface area contributed by atoms with Crippen LogP contribution >= 0.6 is 11.6 Å². The van der Waals surface area contributed by atoms with Crippen LogP contribution in [0.4, 0.5) is 13.2 Å². The summed E-state index contributed by atoms with van der Waals surface area (Å²) in [7, 11) is 1.53. The zero-order valence-corrected chi connectivity index (χ0v) is 10.8. The number of benzene rings is 2. The smallest absolute Gasteiger partial charge is 0.129 e. The number of hydrogen-bond donors (Lipinski definition) is 1. The molecular weight excluding hydrogens is 275 g/mol. The van der Waals surface area contributed by atoms with Crippen molar-refractivity contribution in [2.24, 2.45) is 0 Å². The summed E-state index contributed by atoms with van der Waals surface area (Å²) in [5, 5.41) is 2.91. The number of rotatable bonds is 3. The molecule has 0 aliphatic rings. The molecule has 2 aromatic rings. The maximum atomic E-state index is 13.9. The second-order valence-electron chi connectivity index (χ2n) is 4.02. The van der Waals surface area contributed by atoms with Crippen LogP contribution < -0.4 is 5.32 Å². The van der Waals surface area contributed by atoms with Crippen LogP contribution in [0.3, 0.4) is 0 Å². The summed E-state index contributed by atoms with van der Waals surface area (Å²) >= 11 is 5.95. The monoisotopic (exact) mass is 285 g/mol. The standard InChI is InChI=1S/C14H11ClF3N/c1-19-14(9-7-8(16)5-6-11(9)17)13-10(15)3-2-4-12(13)18/h2-7,14,19H,1H3. The molecule has 5 heteroatoms. The first-order valence-electron chi connectivity index (χ1n) is 5.60. The molecule has 0 amide bonds. The molecule has 2 rings (SSSR count). The summed E-state index contributed by atoms with van der Waals surface area (Å²) < 4.78 is 40.9. The first-order chi connectivity index (χ1) is 9.04. The summed E-state index contributed by atoms with van der Waals surface area (Å²) in [5.74, 6) is -1.79. The Morgan fingerprint density at radius 3 is 2.42 bits per heavy atom. The first-order valence-corrected chi connectivity index (χ1v) is 5.98. The molecule has 0 fully saturated rings. The average molecular weight is 286 g/mol. The van der Waals surface area contributed by atoms with Gasteiger partial charge in [0.25, 0.3) is 0 Å². The molecule has 0 heterocycles. The van der Waals surface area contributed by atoms with E-state index < -0.39 is 23.5 Å². The summed E-state index contributed by atoms with van der Waals surface area (Å²) in [6, 6.07) is 6.36. The summed E-state index contributed by atoms with van der Waals surface area (Å²) in [6.07, 6.45) is 0. The zero-order valence-electron chi connectivity index (χ0n) is 10.1. The minimum atomic E-state index is -0.857. The van der Waals surface area contributed by atoms with Gasteiger partial charge in [-0.1, -0.05) is 17.7 Å². The molecule has 2 aromatic carbocycles. The molecular formula is C14H11ClF3N. The molecule has 0 aliphatic carbocycles. The van der Waals surface area contributed by atoms with E-state index in [0.717, 1.165) is 18.2 Å². The number of hydrogen-bond acceptors (Lipinski definition) is 1. The lowest BCUT2D eigenvalue weighted by atomic mass is 9.97. The molecule has 1 unspecified atom stereocenters. The lowest BCUT2D eigenvalue weighted by Crippen LogP contribution is -2.21. The van der Waals surface area contributed by atoms with Gasteiger partial charge < -0.3 is 5.32 Å². The number of halogens is 4. The van der Waals surface area contributed by atoms with E-state index in [1.165, 1.54) is 25.2 Å². The van der Waals surface area contributed by atoms with Crippen molar-refractivity contribution in [3.8, 4) is 0 Å². The maximum Gasteiger partial charge on any atom is 0.129 e. The van der Waals surface area contributed by atoms with Crippen LogP contribution in [-0.2, 0) is 0 Å². The van der Waals surface area contributed by atoms with Crippen LogP contribution in [0.15, 0.2) is 36.4 Å². The molecule has 0 spiro atoms. The van der Waals surface area contributed by atoms with Gasteiger partial charge in [0.05, 0.1) is 6.04 Å². The van der Waals surface area contributed by atoms with Gasteiger partial charge >= 0.3 is 0 Å². The highest BCUT2D eigenvalue weighted by Crippen LogP contribution is 2.31. The Balaban J connectivity index is 2.59. The Kier molecular flexibility index (Phi) is 4.12. The molecule has 1 nitrogen and oxygen atoms in total. The first kappa shape index (κ1) is 13.9. The molecule has 1 N–H and O–H groups in total. The maximum absolute atomic E-state index is 13.9. The largest absolute Gasteiger partial charge is 0.309 e. The van der Waals surface area contributed by atoms with Gasteiger partial charge in [0.1, 0.15) is 17.5 Å². The van der Waals surface area contributed by atoms with Gasteiger partial charge in [-0.25, -0.2) is 13.2 Å². The van der Waals surface area contributed by atoms with Crippen molar-refractivity contribution in [3.05, 3.63) is 70.0 Å². The van der Waals surface area contributed by atoms with Crippen molar-refractivity contribution < 1.29 is 13.2 Å². The van der Waals surface area contributed by atoms with Crippen molar-refractivity contribution >= 4 is 11.6 Å². The Bertz CT molecular complexity index is 581. The fraction of sp³-hybridized carbons (Fsp3) is 0.143. The topological polar surface area (TPSA) is 12.0 Å². The molecule has 0 aliphatic heterocycles. The normalized spacial score (nSPS) is 12.5. The highest BCUT2D eigenvalue weighted by Gasteiger charge is 2.22. The molecule has 0 radical (unpaired) electrons. The highest BCUT2D eigenvalue weighted by atomic mass is 35.5. The van der Waals surface area contributed by atoms with Gasteiger partial charge in [0.15, 0.2) is 0 Å². The van der Waals surface area contributed by atoms with Crippen LogP contribution in [0.5, 0.6) is 0 Å². The van der Waals surface area contributed by atoms with Crippen molar-refractivity contribution in [2.75, 3.05) is 7.05 Å². The molecule has 0 saturated carbocycles. The van der Waals surface area contributed by atoms with Gasteiger partial charge in [-0.2, -0.15) is 0 Å². The average Bonchev–Trinajstić information content (AvgIpc) is 2.37. The molecule has 19 heavy (non-hydrogen) atoms. The van der Waals surface area contributed by atoms with E-state index in [-0.39, 0.29) is 16.1 Å². The lowest BCUT2D eigenvalue weighted by molar-refractivity contribution is 0.537. The van der Waals surface area contributed by atoms with Crippen LogP contribution in [0.25, 0.3) is 0 Å². The van der Waals surface area contributed by atoms with E-state index in [1.807, 2.05) is 0 Å². The molecule has 100 valence electrons. The molecule has 0 saturated heterocycles. The van der Waals surface area contributed by atoms with Crippen molar-refractivity contribution in [1.82, 2.24) is 5.32 Å². The lowest BCUT2D eigenvalue weighted by Gasteiger charge is -2.19. The minimum absolute atomic E-state index is 0.00880. The third kappa shape index (κ3) is 2.74. The Morgan fingerprint density at radius 1 is 1.05 bits per heavy atom. The second kappa shape index (κ2) is 5.63. The van der Waals surface area contributed by atoms with Crippen LogP contribution in [0, 0.1) is 17.5 Å². The Morgan fingerprint density at radius 2 is 1.79 bits per heavy atom. The minimum Gasteiger partial charge on any atom is -0.309 e. The fourth-order valence-corrected chi connectivity index (χ4v) is 2.25. The summed E-state index contributed by atoms with van der Waals surface area (Å²) in [5.41, 5.74) is 0.102. The van der Waals surface area contributed by atoms with Gasteiger partial charge in [-0.3, -0.25) is 0 Å². The van der Waals surface area contributed by atoms with Crippen LogP contribution in [-0.4, -0.2) is 7.05 Å². The third-order valence-corrected chi connectivity index (χ3v) is 3.18. The van der Waals surface area contributed by atoms with Crippen LogP contribution in [0.2, 0.25) is 5.02 Å². The van der Waals surface area contributed by atoms with E-state index in [9.17, 15) is 13.2 Å². The van der Waals surface area contributed by atoms with Gasteiger partial charge in [-0.15, -0.1) is 0 Å². The molecule has 0 aromatic heterocycles. The van der Waals surface area contributed by atoms with Crippen LogP contribution in [0.1, 0.15) is 17.2 Å². The van der Waals surface area contributed by atoms with Gasteiger partial charge in [0, 0.05) is 16.1 Å². The Hall–Kier alpha value is -1.52. The number of nitrogens with one attached hydrogen (secondary N) is 1. The quantitative estimate of drug-likeness (QED) is 0.896. The molecule has 0 bridgehead atoms. The SMILES string of the molecule is CNC(c1cc(F)ccc1F)c1c(F)cccc1Cl. The van der Waals surface area contributed by atoms with Gasteiger partial charge in [-0.05, 0) is 37.4 Å². The zero-order chi connectivity index (χ0) is 14.0. The van der Waals surface area contributed by atoms with E-state index in [4.69, 9.17) is 11.6 Å². The predicted octanol–water partition coefficient (Wildman–Crippen LogP) is 4.07. The van der Waals surface area contributed by atoms with E-state index >= 15 is 0 Å². The third-order valence-electron chi connectivity index (χ3n) is 2.85. The predicted molar refractivity (Wildman–Crippen MR) is 68.7 cm³/mol. The van der Waals surface area contributed by atoms with E-state index in [0.29, 0.717) is 0 Å². The van der Waals surface area contributed by atoms with Crippen molar-refractivity contribution in [1.29, 1.82) is 0 Å². The Labute approximate surface area is 114 Å². The van der Waals surface area contributed by atoms with E-state index in [1.54, 1.807) is 0 Å². The summed E-state index contributed by atoms with van der Waals surface area (Å²) in [6.45, 7) is 0. The van der Waals surface area contributed by atoms with E-state index in [2.05, 4.69) is 5.32 Å². The second-order valence-corrected chi connectivity index (χ2v) is 4.43. The highest BCUT2D eigenvalue weighted by molar-refractivity contribution is 6.31. The molecule has 1 atom stereocenters. The van der Waals surface area contributed by atoms with Gasteiger partial charge in [0.2, 0.25) is 0 Å².